The number of nitrogens with two attached hydrogens (primary N) is 1. The summed E-state index contributed by atoms with van der Waals surface area (Å²) in [5.41, 5.74) is 10.1. The van der Waals surface area contributed by atoms with E-state index in [4.69, 9.17) is 10.7 Å². The number of hydrogen-bond donors (Lipinski definition) is 1. The Kier molecular flexibility index (Phi) is 3.90. The second-order valence-corrected chi connectivity index (χ2v) is 7.04. The molecule has 0 saturated carbocycles. The molecule has 1 aromatic carbocycles. The van der Waals surface area contributed by atoms with E-state index in [-0.39, 0.29) is 0 Å². The zero-order valence-corrected chi connectivity index (χ0v) is 13.0. The van der Waals surface area contributed by atoms with Gasteiger partial charge in [0.05, 0.1) is 10.7 Å². The first-order valence-electron chi connectivity index (χ1n) is 7.45. The predicted molar refractivity (Wildman–Crippen MR) is 85.3 cm³/mol. The number of benzene rings is 1. The standard InChI is InChI=1S/C17H22N2S/c1-11(2)16-15(10-18)20-17(19-16)14-8-7-12-5-3-4-6-13(12)9-14/h3-6,11,14H,7-10,18H2,1-2H3. The van der Waals surface area contributed by atoms with Crippen LogP contribution in [0, 0.1) is 0 Å². The Morgan fingerprint density at radius 2 is 2.05 bits per heavy atom. The molecule has 1 atom stereocenters. The summed E-state index contributed by atoms with van der Waals surface area (Å²) in [7, 11) is 0. The summed E-state index contributed by atoms with van der Waals surface area (Å²) < 4.78 is 0. The molecule has 3 heteroatoms. The van der Waals surface area contributed by atoms with E-state index in [1.54, 1.807) is 0 Å². The van der Waals surface area contributed by atoms with Gasteiger partial charge in [-0.3, -0.25) is 0 Å². The van der Waals surface area contributed by atoms with Gasteiger partial charge in [-0.05, 0) is 36.3 Å². The van der Waals surface area contributed by atoms with Crippen LogP contribution < -0.4 is 5.73 Å². The van der Waals surface area contributed by atoms with Crippen LogP contribution in [0.1, 0.15) is 58.8 Å². The fourth-order valence-corrected chi connectivity index (χ4v) is 4.30. The van der Waals surface area contributed by atoms with Gasteiger partial charge in [0.1, 0.15) is 0 Å². The van der Waals surface area contributed by atoms with Gasteiger partial charge in [0, 0.05) is 17.3 Å². The Bertz CT molecular complexity index is 601. The highest BCUT2D eigenvalue weighted by Gasteiger charge is 2.24. The zero-order chi connectivity index (χ0) is 14.1. The number of hydrogen-bond acceptors (Lipinski definition) is 3. The lowest BCUT2D eigenvalue weighted by Crippen LogP contribution is -2.12. The third kappa shape index (κ3) is 2.52. The van der Waals surface area contributed by atoms with Gasteiger partial charge in [-0.1, -0.05) is 38.1 Å². The molecule has 0 aliphatic heterocycles. The first-order valence-corrected chi connectivity index (χ1v) is 8.27. The molecule has 2 nitrogen and oxygen atoms in total. The highest BCUT2D eigenvalue weighted by Crippen LogP contribution is 2.36. The Morgan fingerprint density at radius 3 is 2.70 bits per heavy atom. The van der Waals surface area contributed by atoms with Crippen molar-refractivity contribution in [1.82, 2.24) is 4.98 Å². The van der Waals surface area contributed by atoms with Gasteiger partial charge in [0.25, 0.3) is 0 Å². The summed E-state index contributed by atoms with van der Waals surface area (Å²) in [5, 5.41) is 1.30. The van der Waals surface area contributed by atoms with Crippen LogP contribution in [0.15, 0.2) is 24.3 Å². The normalized spacial score (nSPS) is 18.3. The van der Waals surface area contributed by atoms with E-state index in [1.165, 1.54) is 39.5 Å². The Balaban J connectivity index is 1.88. The van der Waals surface area contributed by atoms with Crippen LogP contribution in [0.2, 0.25) is 0 Å². The van der Waals surface area contributed by atoms with Crippen molar-refractivity contribution >= 4 is 11.3 Å². The monoisotopic (exact) mass is 286 g/mol. The summed E-state index contributed by atoms with van der Waals surface area (Å²) in [6, 6.07) is 8.82. The van der Waals surface area contributed by atoms with Crippen molar-refractivity contribution in [1.29, 1.82) is 0 Å². The van der Waals surface area contributed by atoms with Crippen molar-refractivity contribution in [2.24, 2.45) is 5.73 Å². The van der Waals surface area contributed by atoms with Crippen LogP contribution in [0.3, 0.4) is 0 Å². The minimum Gasteiger partial charge on any atom is -0.326 e. The lowest BCUT2D eigenvalue weighted by Gasteiger charge is -2.22. The zero-order valence-electron chi connectivity index (χ0n) is 12.2. The molecule has 1 aromatic heterocycles. The summed E-state index contributed by atoms with van der Waals surface area (Å²) in [6.45, 7) is 5.02. The van der Waals surface area contributed by atoms with Gasteiger partial charge in [0.15, 0.2) is 0 Å². The topological polar surface area (TPSA) is 38.9 Å². The van der Waals surface area contributed by atoms with Crippen LogP contribution in [0.4, 0.5) is 0 Å². The molecule has 20 heavy (non-hydrogen) atoms. The van der Waals surface area contributed by atoms with Gasteiger partial charge in [0.2, 0.25) is 0 Å². The maximum Gasteiger partial charge on any atom is 0.0966 e. The van der Waals surface area contributed by atoms with E-state index in [1.807, 2.05) is 11.3 Å². The van der Waals surface area contributed by atoms with E-state index in [2.05, 4.69) is 38.1 Å². The second-order valence-electron chi connectivity index (χ2n) is 5.93. The summed E-state index contributed by atoms with van der Waals surface area (Å²) in [6.07, 6.45) is 3.52. The number of aromatic nitrogens is 1. The van der Waals surface area contributed by atoms with Gasteiger partial charge >= 0.3 is 0 Å². The van der Waals surface area contributed by atoms with Gasteiger partial charge < -0.3 is 5.73 Å². The molecule has 0 radical (unpaired) electrons. The molecule has 1 unspecified atom stereocenters. The van der Waals surface area contributed by atoms with Crippen molar-refractivity contribution in [2.75, 3.05) is 0 Å². The lowest BCUT2D eigenvalue weighted by atomic mass is 9.84. The molecule has 1 heterocycles. The highest BCUT2D eigenvalue weighted by atomic mass is 32.1. The Morgan fingerprint density at radius 1 is 1.30 bits per heavy atom. The molecular formula is C17H22N2S. The molecule has 0 fully saturated rings. The number of thiazole rings is 1. The molecule has 1 aliphatic carbocycles. The number of fused-ring (bicyclic) bond motifs is 1. The summed E-state index contributed by atoms with van der Waals surface area (Å²) >= 11 is 1.83. The fraction of sp³-hybridized carbons (Fsp3) is 0.471. The van der Waals surface area contributed by atoms with Crippen LogP contribution >= 0.6 is 11.3 Å². The molecule has 0 saturated heterocycles. The van der Waals surface area contributed by atoms with Crippen molar-refractivity contribution in [3.8, 4) is 0 Å². The van der Waals surface area contributed by atoms with Gasteiger partial charge in [-0.25, -0.2) is 4.98 Å². The molecule has 2 aromatic rings. The molecule has 3 rings (SSSR count). The summed E-state index contributed by atoms with van der Waals surface area (Å²) in [4.78, 5) is 6.19. The first kappa shape index (κ1) is 13.8. The van der Waals surface area contributed by atoms with E-state index in [0.717, 1.165) is 6.42 Å². The highest BCUT2D eigenvalue weighted by molar-refractivity contribution is 7.11. The molecule has 106 valence electrons. The van der Waals surface area contributed by atoms with Gasteiger partial charge in [-0.2, -0.15) is 0 Å². The summed E-state index contributed by atoms with van der Waals surface area (Å²) in [5.74, 6) is 1.04. The number of nitrogens with zero attached hydrogens (tertiary/aromatic N) is 1. The molecule has 0 bridgehead atoms. The van der Waals surface area contributed by atoms with Crippen molar-refractivity contribution in [2.45, 2.75) is 51.5 Å². The van der Waals surface area contributed by atoms with Crippen LogP contribution in [-0.2, 0) is 19.4 Å². The average Bonchev–Trinajstić information content (AvgIpc) is 2.91. The van der Waals surface area contributed by atoms with Crippen LogP contribution in [0.5, 0.6) is 0 Å². The first-order chi connectivity index (χ1) is 9.69. The quantitative estimate of drug-likeness (QED) is 0.926. The number of rotatable bonds is 3. The van der Waals surface area contributed by atoms with E-state index < -0.39 is 0 Å². The van der Waals surface area contributed by atoms with Gasteiger partial charge in [-0.15, -0.1) is 11.3 Å². The number of aryl methyl sites for hydroxylation is 1. The molecule has 0 spiro atoms. The fourth-order valence-electron chi connectivity index (χ4n) is 3.06. The molecule has 0 amide bonds. The van der Waals surface area contributed by atoms with E-state index in [0.29, 0.717) is 18.4 Å². The SMILES string of the molecule is CC(C)c1nc(C2CCc3ccccc3C2)sc1CN. The Labute approximate surface area is 125 Å². The largest absolute Gasteiger partial charge is 0.326 e. The van der Waals surface area contributed by atoms with Crippen molar-refractivity contribution in [3.05, 3.63) is 51.0 Å². The van der Waals surface area contributed by atoms with Crippen LogP contribution in [-0.4, -0.2) is 4.98 Å². The molecule has 2 N–H and O–H groups in total. The minimum atomic E-state index is 0.467. The second kappa shape index (κ2) is 5.66. The van der Waals surface area contributed by atoms with Crippen LogP contribution in [0.25, 0.3) is 0 Å². The Hall–Kier alpha value is -1.19. The lowest BCUT2D eigenvalue weighted by molar-refractivity contribution is 0.579. The maximum atomic E-state index is 5.88. The average molecular weight is 286 g/mol. The molecular weight excluding hydrogens is 264 g/mol. The van der Waals surface area contributed by atoms with E-state index in [9.17, 15) is 0 Å². The third-order valence-corrected chi connectivity index (χ3v) is 5.43. The predicted octanol–water partition coefficient (Wildman–Crippen LogP) is 4.00. The molecule has 1 aliphatic rings. The van der Waals surface area contributed by atoms with Crippen molar-refractivity contribution in [3.63, 3.8) is 0 Å². The maximum absolute atomic E-state index is 5.88. The third-order valence-electron chi connectivity index (χ3n) is 4.17. The van der Waals surface area contributed by atoms with E-state index >= 15 is 0 Å². The smallest absolute Gasteiger partial charge is 0.0966 e. The van der Waals surface area contributed by atoms with Crippen molar-refractivity contribution < 1.29 is 0 Å². The minimum absolute atomic E-state index is 0.467.